The van der Waals surface area contributed by atoms with Crippen molar-refractivity contribution in [3.05, 3.63) is 48.5 Å². The van der Waals surface area contributed by atoms with Gasteiger partial charge in [-0.3, -0.25) is 0 Å². The number of alkyl halides is 3. The van der Waals surface area contributed by atoms with Crippen LogP contribution < -0.4 is 24.6 Å². The summed E-state index contributed by atoms with van der Waals surface area (Å²) in [6, 6.07) is 14.0. The minimum Gasteiger partial charge on any atom is -0.497 e. The fourth-order valence-corrected chi connectivity index (χ4v) is 4.96. The Labute approximate surface area is 215 Å². The summed E-state index contributed by atoms with van der Waals surface area (Å²) in [4.78, 5) is 9.33. The number of aromatic nitrogens is 3. The molecule has 0 saturated carbocycles. The quantitative estimate of drug-likeness (QED) is 0.408. The average molecular weight is 519 g/mol. The van der Waals surface area contributed by atoms with Crippen LogP contribution in [0, 0.1) is 0 Å². The third-order valence-corrected chi connectivity index (χ3v) is 6.36. The molecule has 1 aliphatic rings. The Balaban J connectivity index is 1.55. The van der Waals surface area contributed by atoms with Crippen molar-refractivity contribution in [3.63, 3.8) is 0 Å². The second-order valence-corrected chi connectivity index (χ2v) is 9.76. The van der Waals surface area contributed by atoms with Crippen LogP contribution in [0.2, 0.25) is 0 Å². The number of halogens is 3. The SMILES string of the molecule is CCCC1CN(c2nc(Nc3cccc(OC(F)(F)F)c3)n(C)n2)CC(C)(C)N1c1ccc(OC)cc1. The summed E-state index contributed by atoms with van der Waals surface area (Å²) in [5.74, 6) is 1.50. The van der Waals surface area contributed by atoms with Crippen LogP contribution in [0.5, 0.6) is 11.5 Å². The number of hydrogen-bond acceptors (Lipinski definition) is 7. The molecule has 1 N–H and O–H groups in total. The molecule has 1 aliphatic heterocycles. The monoisotopic (exact) mass is 518 g/mol. The molecule has 4 rings (SSSR count). The van der Waals surface area contributed by atoms with Crippen molar-refractivity contribution in [2.24, 2.45) is 7.05 Å². The molecule has 37 heavy (non-hydrogen) atoms. The number of piperazine rings is 1. The van der Waals surface area contributed by atoms with E-state index in [1.165, 1.54) is 18.2 Å². The van der Waals surface area contributed by atoms with E-state index in [0.717, 1.165) is 30.8 Å². The van der Waals surface area contributed by atoms with Crippen LogP contribution in [0.3, 0.4) is 0 Å². The first kappa shape index (κ1) is 26.4. The van der Waals surface area contributed by atoms with Crippen molar-refractivity contribution in [2.75, 3.05) is 35.3 Å². The Hall–Kier alpha value is -3.63. The van der Waals surface area contributed by atoms with Gasteiger partial charge in [0.05, 0.1) is 12.6 Å². The van der Waals surface area contributed by atoms with Crippen LogP contribution in [0.1, 0.15) is 33.6 Å². The van der Waals surface area contributed by atoms with Crippen molar-refractivity contribution in [2.45, 2.75) is 51.6 Å². The van der Waals surface area contributed by atoms with Gasteiger partial charge in [0.1, 0.15) is 11.5 Å². The van der Waals surface area contributed by atoms with Gasteiger partial charge in [0, 0.05) is 43.6 Å². The predicted molar refractivity (Wildman–Crippen MR) is 138 cm³/mol. The van der Waals surface area contributed by atoms with E-state index in [4.69, 9.17) is 4.74 Å². The first-order valence-corrected chi connectivity index (χ1v) is 12.2. The second kappa shape index (κ2) is 10.4. The third kappa shape index (κ3) is 6.20. The van der Waals surface area contributed by atoms with Gasteiger partial charge in [-0.25, -0.2) is 4.68 Å². The lowest BCUT2D eigenvalue weighted by molar-refractivity contribution is -0.274. The van der Waals surface area contributed by atoms with Crippen LogP contribution in [0.25, 0.3) is 0 Å². The Kier molecular flexibility index (Phi) is 7.42. The van der Waals surface area contributed by atoms with E-state index in [-0.39, 0.29) is 17.3 Å². The van der Waals surface area contributed by atoms with E-state index in [1.54, 1.807) is 24.9 Å². The van der Waals surface area contributed by atoms with Crippen LogP contribution in [0.4, 0.5) is 36.4 Å². The highest BCUT2D eigenvalue weighted by molar-refractivity contribution is 5.58. The highest BCUT2D eigenvalue weighted by atomic mass is 19.4. The highest BCUT2D eigenvalue weighted by Gasteiger charge is 2.41. The number of nitrogens with zero attached hydrogens (tertiary/aromatic N) is 5. The molecule has 0 radical (unpaired) electrons. The molecular weight excluding hydrogens is 485 g/mol. The lowest BCUT2D eigenvalue weighted by Gasteiger charge is -2.53. The maximum absolute atomic E-state index is 12.6. The standard InChI is InChI=1S/C26H33F3N6O2/c1-6-8-20-16-34(17-25(2,3)35(20)19-11-13-21(36-5)14-12-19)24-31-23(33(4)32-24)30-18-9-7-10-22(15-18)37-26(27,28)29/h7,9-15,20H,6,8,16-17H2,1-5H3,(H,30,31,32). The molecule has 1 unspecified atom stereocenters. The maximum atomic E-state index is 12.6. The van der Waals surface area contributed by atoms with Crippen LogP contribution in [-0.4, -0.2) is 52.9 Å². The molecular formula is C26H33F3N6O2. The number of rotatable bonds is 8. The van der Waals surface area contributed by atoms with E-state index in [9.17, 15) is 13.2 Å². The average Bonchev–Trinajstić information content (AvgIpc) is 3.18. The number of hydrogen-bond donors (Lipinski definition) is 1. The Bertz CT molecular complexity index is 1200. The van der Waals surface area contributed by atoms with Gasteiger partial charge in [0.15, 0.2) is 0 Å². The molecule has 0 amide bonds. The molecule has 2 heterocycles. The minimum absolute atomic E-state index is 0.220. The number of nitrogens with one attached hydrogen (secondary N) is 1. The second-order valence-electron chi connectivity index (χ2n) is 9.76. The van der Waals surface area contributed by atoms with Crippen LogP contribution in [0.15, 0.2) is 48.5 Å². The lowest BCUT2D eigenvalue weighted by atomic mass is 9.92. The normalized spacial score (nSPS) is 17.6. The summed E-state index contributed by atoms with van der Waals surface area (Å²) in [6.07, 6.45) is -2.73. The van der Waals surface area contributed by atoms with Gasteiger partial charge in [-0.15, -0.1) is 18.3 Å². The number of aryl methyl sites for hydroxylation is 1. The summed E-state index contributed by atoms with van der Waals surface area (Å²) in [5.41, 5.74) is 1.33. The Morgan fingerprint density at radius 2 is 1.84 bits per heavy atom. The molecule has 1 saturated heterocycles. The van der Waals surface area contributed by atoms with Gasteiger partial charge in [-0.05, 0) is 56.7 Å². The maximum Gasteiger partial charge on any atom is 0.573 e. The fourth-order valence-electron chi connectivity index (χ4n) is 4.96. The number of ether oxygens (including phenoxy) is 2. The Morgan fingerprint density at radius 3 is 2.49 bits per heavy atom. The number of anilines is 4. The summed E-state index contributed by atoms with van der Waals surface area (Å²) < 4.78 is 48.8. The molecule has 1 atom stereocenters. The smallest absolute Gasteiger partial charge is 0.497 e. The van der Waals surface area contributed by atoms with E-state index in [2.05, 4.69) is 62.8 Å². The van der Waals surface area contributed by atoms with Gasteiger partial charge >= 0.3 is 6.36 Å². The molecule has 1 aromatic heterocycles. The molecule has 8 nitrogen and oxygen atoms in total. The molecule has 3 aromatic rings. The number of methoxy groups -OCH3 is 1. The minimum atomic E-state index is -4.76. The summed E-state index contributed by atoms with van der Waals surface area (Å²) in [5, 5.41) is 7.67. The van der Waals surface area contributed by atoms with Crippen LogP contribution in [-0.2, 0) is 7.05 Å². The first-order chi connectivity index (χ1) is 17.5. The van der Waals surface area contributed by atoms with Gasteiger partial charge < -0.3 is 24.6 Å². The van der Waals surface area contributed by atoms with E-state index in [1.807, 2.05) is 12.1 Å². The molecule has 200 valence electrons. The fraction of sp³-hybridized carbons (Fsp3) is 0.462. The molecule has 0 bridgehead atoms. The van der Waals surface area contributed by atoms with Gasteiger partial charge in [0.25, 0.3) is 0 Å². The largest absolute Gasteiger partial charge is 0.573 e. The van der Waals surface area contributed by atoms with Crippen molar-refractivity contribution in [1.82, 2.24) is 14.8 Å². The van der Waals surface area contributed by atoms with Gasteiger partial charge in [-0.1, -0.05) is 19.4 Å². The van der Waals surface area contributed by atoms with E-state index in [0.29, 0.717) is 24.1 Å². The van der Waals surface area contributed by atoms with Crippen molar-refractivity contribution in [1.29, 1.82) is 0 Å². The predicted octanol–water partition coefficient (Wildman–Crippen LogP) is 5.74. The zero-order chi connectivity index (χ0) is 26.8. The summed E-state index contributed by atoms with van der Waals surface area (Å²) in [7, 11) is 3.41. The molecule has 0 spiro atoms. The zero-order valence-electron chi connectivity index (χ0n) is 21.7. The summed E-state index contributed by atoms with van der Waals surface area (Å²) in [6.45, 7) is 8.02. The van der Waals surface area contributed by atoms with Crippen molar-refractivity contribution >= 4 is 23.3 Å². The molecule has 11 heteroatoms. The molecule has 2 aromatic carbocycles. The molecule has 1 fully saturated rings. The van der Waals surface area contributed by atoms with Gasteiger partial charge in [-0.2, -0.15) is 4.98 Å². The lowest BCUT2D eigenvalue weighted by Crippen LogP contribution is -2.64. The van der Waals surface area contributed by atoms with Gasteiger partial charge in [0.2, 0.25) is 11.9 Å². The Morgan fingerprint density at radius 1 is 1.11 bits per heavy atom. The highest BCUT2D eigenvalue weighted by Crippen LogP contribution is 2.35. The van der Waals surface area contributed by atoms with Crippen molar-refractivity contribution in [3.8, 4) is 11.5 Å². The first-order valence-electron chi connectivity index (χ1n) is 12.2. The van der Waals surface area contributed by atoms with Crippen LogP contribution >= 0.6 is 0 Å². The molecule has 0 aliphatic carbocycles. The van der Waals surface area contributed by atoms with E-state index < -0.39 is 6.36 Å². The number of benzene rings is 2. The van der Waals surface area contributed by atoms with E-state index >= 15 is 0 Å². The summed E-state index contributed by atoms with van der Waals surface area (Å²) >= 11 is 0. The topological polar surface area (TPSA) is 67.7 Å². The third-order valence-electron chi connectivity index (χ3n) is 6.36. The zero-order valence-corrected chi connectivity index (χ0v) is 21.7. The van der Waals surface area contributed by atoms with Crippen molar-refractivity contribution < 1.29 is 22.6 Å².